The maximum atomic E-state index is 13.2. The highest BCUT2D eigenvalue weighted by atomic mass is 16.5. The van der Waals surface area contributed by atoms with E-state index in [4.69, 9.17) is 4.74 Å². The van der Waals surface area contributed by atoms with Gasteiger partial charge < -0.3 is 20.4 Å². The van der Waals surface area contributed by atoms with Gasteiger partial charge in [0.15, 0.2) is 0 Å². The summed E-state index contributed by atoms with van der Waals surface area (Å²) in [5.41, 5.74) is 2.68. The lowest BCUT2D eigenvalue weighted by molar-refractivity contribution is -0.118. The first-order valence-corrected chi connectivity index (χ1v) is 11.5. The van der Waals surface area contributed by atoms with Crippen molar-refractivity contribution in [2.24, 2.45) is 5.92 Å². The minimum absolute atomic E-state index is 0.219. The first-order valence-electron chi connectivity index (χ1n) is 11.5. The number of pyridine rings is 2. The van der Waals surface area contributed by atoms with Crippen LogP contribution in [0.15, 0.2) is 71.9 Å². The molecule has 3 N–H and O–H groups in total. The molecule has 3 aromatic rings. The van der Waals surface area contributed by atoms with Gasteiger partial charge in [-0.15, -0.1) is 0 Å². The molecule has 172 valence electrons. The van der Waals surface area contributed by atoms with Crippen LogP contribution in [0.2, 0.25) is 0 Å². The number of anilines is 1. The van der Waals surface area contributed by atoms with Gasteiger partial charge in [-0.2, -0.15) is 0 Å². The molecule has 0 radical (unpaired) electrons. The number of hydrogen-bond acceptors (Lipinski definition) is 5. The van der Waals surface area contributed by atoms with Crippen molar-refractivity contribution in [2.45, 2.75) is 31.7 Å². The van der Waals surface area contributed by atoms with Crippen LogP contribution in [0.25, 0.3) is 11.1 Å². The van der Waals surface area contributed by atoms with Gasteiger partial charge in [0.1, 0.15) is 5.69 Å². The van der Waals surface area contributed by atoms with Crippen molar-refractivity contribution in [2.75, 3.05) is 25.1 Å². The van der Waals surface area contributed by atoms with E-state index in [9.17, 15) is 9.59 Å². The minimum atomic E-state index is -0.448. The second kappa shape index (κ2) is 11.5. The Hall–Kier alpha value is -3.29. The highest BCUT2D eigenvalue weighted by molar-refractivity contribution is 5.95. The number of carbonyl (C=O) groups is 1. The first-order chi connectivity index (χ1) is 16.2. The van der Waals surface area contributed by atoms with Gasteiger partial charge in [-0.1, -0.05) is 30.3 Å². The van der Waals surface area contributed by atoms with Crippen molar-refractivity contribution in [1.29, 1.82) is 0 Å². The molecule has 4 rings (SSSR count). The summed E-state index contributed by atoms with van der Waals surface area (Å²) in [7, 11) is 0. The number of hydrogen-bond donors (Lipinski definition) is 3. The minimum Gasteiger partial charge on any atom is -0.381 e. The van der Waals surface area contributed by atoms with Crippen LogP contribution >= 0.6 is 0 Å². The Labute approximate surface area is 193 Å². The molecule has 7 heteroatoms. The van der Waals surface area contributed by atoms with E-state index in [0.717, 1.165) is 55.7 Å². The van der Waals surface area contributed by atoms with Gasteiger partial charge >= 0.3 is 0 Å². The quantitative estimate of drug-likeness (QED) is 0.468. The molecule has 0 unspecified atom stereocenters. The summed E-state index contributed by atoms with van der Waals surface area (Å²) in [6, 6.07) is 14.9. The molecule has 0 spiro atoms. The van der Waals surface area contributed by atoms with Crippen LogP contribution < -0.4 is 16.2 Å². The largest absolute Gasteiger partial charge is 0.381 e. The Morgan fingerprint density at radius 1 is 1.09 bits per heavy atom. The molecule has 1 saturated heterocycles. The fraction of sp³-hybridized carbons (Fsp3) is 0.346. The first kappa shape index (κ1) is 22.9. The third-order valence-electron chi connectivity index (χ3n) is 6.06. The summed E-state index contributed by atoms with van der Waals surface area (Å²) in [4.78, 5) is 32.4. The molecule has 0 aliphatic carbocycles. The Morgan fingerprint density at radius 3 is 2.61 bits per heavy atom. The van der Waals surface area contributed by atoms with Gasteiger partial charge in [-0.3, -0.25) is 14.6 Å². The number of H-pyrrole nitrogens is 1. The summed E-state index contributed by atoms with van der Waals surface area (Å²) in [6.07, 6.45) is 8.69. The Bertz CT molecular complexity index is 1080. The highest BCUT2D eigenvalue weighted by Gasteiger charge is 2.21. The van der Waals surface area contributed by atoms with Crippen molar-refractivity contribution in [3.05, 3.63) is 83.0 Å². The lowest BCUT2D eigenvalue weighted by Crippen LogP contribution is -2.43. The number of aromatic nitrogens is 2. The topological polar surface area (TPSA) is 96.1 Å². The number of benzene rings is 1. The van der Waals surface area contributed by atoms with Gasteiger partial charge in [0.05, 0.1) is 6.04 Å². The van der Waals surface area contributed by atoms with E-state index in [2.05, 4.69) is 20.6 Å². The number of aromatic amines is 1. The van der Waals surface area contributed by atoms with Crippen molar-refractivity contribution in [1.82, 2.24) is 15.3 Å². The molecular weight excluding hydrogens is 416 g/mol. The van der Waals surface area contributed by atoms with E-state index in [1.807, 2.05) is 42.5 Å². The molecule has 1 aliphatic heterocycles. The van der Waals surface area contributed by atoms with Crippen LogP contribution in [0.3, 0.4) is 0 Å². The molecule has 0 saturated carbocycles. The molecule has 33 heavy (non-hydrogen) atoms. The SMILES string of the molecule is O=C(Nc1cc(-c2ccncc2)c[nH]c1=O)[C@H](Cc1ccccc1)NCCC1CCOCC1. The van der Waals surface area contributed by atoms with E-state index < -0.39 is 6.04 Å². The molecule has 3 heterocycles. The number of ether oxygens (including phenoxy) is 1. The summed E-state index contributed by atoms with van der Waals surface area (Å²) in [5, 5.41) is 6.28. The number of nitrogens with one attached hydrogen (secondary N) is 3. The molecule has 1 aliphatic rings. The van der Waals surface area contributed by atoms with Crippen LogP contribution in [-0.2, 0) is 16.0 Å². The van der Waals surface area contributed by atoms with E-state index in [-0.39, 0.29) is 17.2 Å². The Morgan fingerprint density at radius 2 is 1.85 bits per heavy atom. The van der Waals surface area contributed by atoms with Gasteiger partial charge in [-0.25, -0.2) is 0 Å². The maximum absolute atomic E-state index is 13.2. The maximum Gasteiger partial charge on any atom is 0.271 e. The predicted octanol–water partition coefficient (Wildman–Crippen LogP) is 3.39. The molecule has 1 amide bonds. The zero-order valence-electron chi connectivity index (χ0n) is 18.6. The van der Waals surface area contributed by atoms with Gasteiger partial charge in [0.2, 0.25) is 5.91 Å². The van der Waals surface area contributed by atoms with E-state index in [0.29, 0.717) is 12.3 Å². The molecular formula is C26H30N4O3. The molecule has 1 atom stereocenters. The molecule has 2 aromatic heterocycles. The van der Waals surface area contributed by atoms with Gasteiger partial charge in [0.25, 0.3) is 5.56 Å². The van der Waals surface area contributed by atoms with Crippen LogP contribution in [0, 0.1) is 5.92 Å². The molecule has 7 nitrogen and oxygen atoms in total. The zero-order chi connectivity index (χ0) is 22.9. The number of rotatable bonds is 9. The predicted molar refractivity (Wildman–Crippen MR) is 129 cm³/mol. The van der Waals surface area contributed by atoms with Crippen LogP contribution in [-0.4, -0.2) is 41.7 Å². The van der Waals surface area contributed by atoms with Crippen molar-refractivity contribution in [3.8, 4) is 11.1 Å². The summed E-state index contributed by atoms with van der Waals surface area (Å²) >= 11 is 0. The molecule has 1 aromatic carbocycles. The highest BCUT2D eigenvalue weighted by Crippen LogP contribution is 2.20. The van der Waals surface area contributed by atoms with E-state index >= 15 is 0 Å². The number of carbonyl (C=O) groups excluding carboxylic acids is 1. The van der Waals surface area contributed by atoms with Crippen LogP contribution in [0.4, 0.5) is 5.69 Å². The third-order valence-corrected chi connectivity index (χ3v) is 6.06. The lowest BCUT2D eigenvalue weighted by atomic mass is 9.96. The van der Waals surface area contributed by atoms with Crippen molar-refractivity contribution in [3.63, 3.8) is 0 Å². The molecule has 0 bridgehead atoms. The second-order valence-corrected chi connectivity index (χ2v) is 8.40. The van der Waals surface area contributed by atoms with Gasteiger partial charge in [0, 0.05) is 37.4 Å². The number of nitrogens with zero attached hydrogens (tertiary/aromatic N) is 1. The fourth-order valence-electron chi connectivity index (χ4n) is 4.11. The fourth-order valence-corrected chi connectivity index (χ4v) is 4.11. The smallest absolute Gasteiger partial charge is 0.271 e. The standard InChI is InChI=1S/C26H30N4O3/c31-25-24(17-22(18-29-25)21-7-11-27-12-8-21)30-26(32)23(16-20-4-2-1-3-5-20)28-13-6-19-9-14-33-15-10-19/h1-5,7-8,11-12,17-19,23,28H,6,9-10,13-16H2,(H,29,31)(H,30,32)/t23-/m0/s1. The Kier molecular flexibility index (Phi) is 8.00. The van der Waals surface area contributed by atoms with Crippen molar-refractivity contribution >= 4 is 11.6 Å². The van der Waals surface area contributed by atoms with Crippen LogP contribution in [0.1, 0.15) is 24.8 Å². The average molecular weight is 447 g/mol. The van der Waals surface area contributed by atoms with E-state index in [1.54, 1.807) is 24.7 Å². The third kappa shape index (κ3) is 6.60. The van der Waals surface area contributed by atoms with Gasteiger partial charge in [-0.05, 0) is 67.5 Å². The van der Waals surface area contributed by atoms with Crippen LogP contribution in [0.5, 0.6) is 0 Å². The number of amides is 1. The average Bonchev–Trinajstić information content (AvgIpc) is 2.86. The summed E-state index contributed by atoms with van der Waals surface area (Å²) < 4.78 is 5.44. The summed E-state index contributed by atoms with van der Waals surface area (Å²) in [6.45, 7) is 2.37. The second-order valence-electron chi connectivity index (χ2n) is 8.40. The summed E-state index contributed by atoms with van der Waals surface area (Å²) in [5.74, 6) is 0.398. The monoisotopic (exact) mass is 446 g/mol. The zero-order valence-corrected chi connectivity index (χ0v) is 18.6. The normalized spacial score (nSPS) is 15.2. The van der Waals surface area contributed by atoms with Crippen molar-refractivity contribution < 1.29 is 9.53 Å². The van der Waals surface area contributed by atoms with E-state index in [1.165, 1.54) is 0 Å². The lowest BCUT2D eigenvalue weighted by Gasteiger charge is -2.24. The Balaban J connectivity index is 1.46. The molecule has 1 fully saturated rings.